The van der Waals surface area contributed by atoms with Gasteiger partial charge in [-0.05, 0) is 30.2 Å². The number of carbonyl (C=O) groups is 1. The molecule has 0 spiro atoms. The minimum absolute atomic E-state index is 0.149. The summed E-state index contributed by atoms with van der Waals surface area (Å²) in [6.45, 7) is 5.46. The number of H-pyrrole nitrogens is 1. The number of rotatable bonds is 6. The minimum atomic E-state index is 0.149. The van der Waals surface area contributed by atoms with Crippen LogP contribution in [0.15, 0.2) is 48.5 Å². The van der Waals surface area contributed by atoms with Gasteiger partial charge in [-0.15, -0.1) is 0 Å². The Kier molecular flexibility index (Phi) is 4.94. The summed E-state index contributed by atoms with van der Waals surface area (Å²) in [4.78, 5) is 22.4. The predicted octanol–water partition coefficient (Wildman–Crippen LogP) is 3.72. The second-order valence-electron chi connectivity index (χ2n) is 5.96. The zero-order chi connectivity index (χ0) is 16.9. The molecule has 1 heterocycles. The Morgan fingerprint density at radius 1 is 1.08 bits per heavy atom. The summed E-state index contributed by atoms with van der Waals surface area (Å²) in [5.74, 6) is 1.13. The van der Waals surface area contributed by atoms with Crippen LogP contribution in [-0.4, -0.2) is 27.3 Å². The third-order valence-corrected chi connectivity index (χ3v) is 4.24. The number of hydrogen-bond donors (Lipinski definition) is 1. The van der Waals surface area contributed by atoms with Crippen molar-refractivity contribution in [2.75, 3.05) is 6.54 Å². The minimum Gasteiger partial charge on any atom is -0.342 e. The second kappa shape index (κ2) is 7.30. The molecule has 0 aliphatic carbocycles. The molecule has 2 aromatic carbocycles. The van der Waals surface area contributed by atoms with E-state index in [-0.39, 0.29) is 5.91 Å². The van der Waals surface area contributed by atoms with E-state index in [0.717, 1.165) is 34.4 Å². The maximum absolute atomic E-state index is 12.6. The van der Waals surface area contributed by atoms with Gasteiger partial charge in [0.1, 0.15) is 5.82 Å². The average Bonchev–Trinajstić information content (AvgIpc) is 3.03. The van der Waals surface area contributed by atoms with E-state index >= 15 is 0 Å². The summed E-state index contributed by atoms with van der Waals surface area (Å²) in [5, 5.41) is 0. The van der Waals surface area contributed by atoms with Crippen molar-refractivity contribution in [3.8, 4) is 0 Å². The number of carbonyl (C=O) groups excluding carboxylic acids is 1. The zero-order valence-electron chi connectivity index (χ0n) is 14.2. The molecule has 0 atom stereocenters. The van der Waals surface area contributed by atoms with Crippen molar-refractivity contribution in [3.63, 3.8) is 0 Å². The van der Waals surface area contributed by atoms with Gasteiger partial charge in [0.25, 0.3) is 0 Å². The highest BCUT2D eigenvalue weighted by Gasteiger charge is 2.13. The van der Waals surface area contributed by atoms with Gasteiger partial charge in [-0.3, -0.25) is 4.79 Å². The lowest BCUT2D eigenvalue weighted by molar-refractivity contribution is -0.130. The van der Waals surface area contributed by atoms with Gasteiger partial charge in [-0.1, -0.05) is 43.3 Å². The van der Waals surface area contributed by atoms with Crippen molar-refractivity contribution >= 4 is 16.9 Å². The molecule has 0 unspecified atom stereocenters. The van der Waals surface area contributed by atoms with Crippen LogP contribution in [-0.2, 0) is 24.2 Å². The van der Waals surface area contributed by atoms with Crippen LogP contribution in [0.25, 0.3) is 11.0 Å². The van der Waals surface area contributed by atoms with Gasteiger partial charge in [0.05, 0.1) is 17.5 Å². The molecule has 0 bridgehead atoms. The van der Waals surface area contributed by atoms with E-state index in [2.05, 4.69) is 29.0 Å². The molecule has 0 saturated carbocycles. The maximum Gasteiger partial charge on any atom is 0.227 e. The van der Waals surface area contributed by atoms with Gasteiger partial charge in [0, 0.05) is 19.5 Å². The normalized spacial score (nSPS) is 10.9. The predicted molar refractivity (Wildman–Crippen MR) is 96.7 cm³/mol. The van der Waals surface area contributed by atoms with E-state index < -0.39 is 0 Å². The van der Waals surface area contributed by atoms with Crippen LogP contribution < -0.4 is 0 Å². The van der Waals surface area contributed by atoms with E-state index in [0.29, 0.717) is 19.5 Å². The standard InChI is InChI=1S/C20H23N3O/c1-3-19-21-17-11-10-16(12-18(17)22-19)13-20(24)23(4-2)14-15-8-6-5-7-9-15/h5-12H,3-4,13-14H2,1-2H3,(H,21,22). The first kappa shape index (κ1) is 16.2. The lowest BCUT2D eigenvalue weighted by atomic mass is 10.1. The summed E-state index contributed by atoms with van der Waals surface area (Å²) in [6.07, 6.45) is 1.29. The van der Waals surface area contributed by atoms with Gasteiger partial charge in [0.15, 0.2) is 0 Å². The summed E-state index contributed by atoms with van der Waals surface area (Å²) in [7, 11) is 0. The molecule has 3 rings (SSSR count). The Labute approximate surface area is 142 Å². The molecule has 0 radical (unpaired) electrons. The molecule has 0 saturated heterocycles. The van der Waals surface area contributed by atoms with Crippen LogP contribution in [0.5, 0.6) is 0 Å². The number of nitrogens with one attached hydrogen (secondary N) is 1. The van der Waals surface area contributed by atoms with Gasteiger partial charge < -0.3 is 9.88 Å². The number of nitrogens with zero attached hydrogens (tertiary/aromatic N) is 2. The average molecular weight is 321 g/mol. The monoisotopic (exact) mass is 321 g/mol. The lowest BCUT2D eigenvalue weighted by Crippen LogP contribution is -2.31. The highest BCUT2D eigenvalue weighted by Crippen LogP contribution is 2.16. The maximum atomic E-state index is 12.6. The van der Waals surface area contributed by atoms with Crippen LogP contribution in [0.2, 0.25) is 0 Å². The molecule has 1 N–H and O–H groups in total. The van der Waals surface area contributed by atoms with E-state index in [1.165, 1.54) is 0 Å². The van der Waals surface area contributed by atoms with E-state index in [1.807, 2.05) is 48.2 Å². The molecule has 0 fully saturated rings. The van der Waals surface area contributed by atoms with Crippen LogP contribution in [0.1, 0.15) is 30.8 Å². The number of aromatic amines is 1. The van der Waals surface area contributed by atoms with Crippen molar-refractivity contribution < 1.29 is 4.79 Å². The number of likely N-dealkylation sites (N-methyl/N-ethyl adjacent to an activating group) is 1. The fourth-order valence-electron chi connectivity index (χ4n) is 2.85. The molecular formula is C20H23N3O. The van der Waals surface area contributed by atoms with Gasteiger partial charge in [-0.25, -0.2) is 4.98 Å². The Morgan fingerprint density at radius 3 is 2.58 bits per heavy atom. The summed E-state index contributed by atoms with van der Waals surface area (Å²) < 4.78 is 0. The molecule has 3 aromatic rings. The van der Waals surface area contributed by atoms with Gasteiger partial charge in [0.2, 0.25) is 5.91 Å². The topological polar surface area (TPSA) is 49.0 Å². The van der Waals surface area contributed by atoms with E-state index in [9.17, 15) is 4.79 Å². The van der Waals surface area contributed by atoms with E-state index in [1.54, 1.807) is 0 Å². The van der Waals surface area contributed by atoms with E-state index in [4.69, 9.17) is 0 Å². The number of hydrogen-bond acceptors (Lipinski definition) is 2. The Bertz CT molecular complexity index is 823. The van der Waals surface area contributed by atoms with Crippen molar-refractivity contribution in [1.29, 1.82) is 0 Å². The molecule has 124 valence electrons. The Hall–Kier alpha value is -2.62. The van der Waals surface area contributed by atoms with Gasteiger partial charge >= 0.3 is 0 Å². The first-order valence-corrected chi connectivity index (χ1v) is 8.48. The van der Waals surface area contributed by atoms with Crippen LogP contribution in [0, 0.1) is 0 Å². The third-order valence-electron chi connectivity index (χ3n) is 4.24. The molecule has 0 aliphatic rings. The molecule has 1 aromatic heterocycles. The highest BCUT2D eigenvalue weighted by atomic mass is 16.2. The van der Waals surface area contributed by atoms with Gasteiger partial charge in [-0.2, -0.15) is 0 Å². The van der Waals surface area contributed by atoms with Crippen LogP contribution in [0.3, 0.4) is 0 Å². The number of fused-ring (bicyclic) bond motifs is 1. The second-order valence-corrected chi connectivity index (χ2v) is 5.96. The van der Waals surface area contributed by atoms with Crippen molar-refractivity contribution in [2.24, 2.45) is 0 Å². The lowest BCUT2D eigenvalue weighted by Gasteiger charge is -2.21. The highest BCUT2D eigenvalue weighted by molar-refractivity contribution is 5.81. The Morgan fingerprint density at radius 2 is 1.88 bits per heavy atom. The number of aryl methyl sites for hydroxylation is 1. The number of imidazole rings is 1. The van der Waals surface area contributed by atoms with Crippen molar-refractivity contribution in [2.45, 2.75) is 33.2 Å². The molecule has 4 heteroatoms. The number of benzene rings is 2. The largest absolute Gasteiger partial charge is 0.342 e. The first-order valence-electron chi connectivity index (χ1n) is 8.48. The van der Waals surface area contributed by atoms with Crippen LogP contribution in [0.4, 0.5) is 0 Å². The van der Waals surface area contributed by atoms with Crippen molar-refractivity contribution in [3.05, 3.63) is 65.5 Å². The summed E-state index contributed by atoms with van der Waals surface area (Å²) in [6, 6.07) is 16.1. The molecule has 1 amide bonds. The smallest absolute Gasteiger partial charge is 0.227 e. The zero-order valence-corrected chi connectivity index (χ0v) is 14.2. The number of amides is 1. The van der Waals surface area contributed by atoms with Crippen LogP contribution >= 0.6 is 0 Å². The molecule has 24 heavy (non-hydrogen) atoms. The Balaban J connectivity index is 1.72. The fourth-order valence-corrected chi connectivity index (χ4v) is 2.85. The fraction of sp³-hybridized carbons (Fsp3) is 0.300. The summed E-state index contributed by atoms with van der Waals surface area (Å²) >= 11 is 0. The van der Waals surface area contributed by atoms with Crippen molar-refractivity contribution in [1.82, 2.24) is 14.9 Å². The quantitative estimate of drug-likeness (QED) is 0.752. The first-order chi connectivity index (χ1) is 11.7. The SMILES string of the molecule is CCc1nc2ccc(CC(=O)N(CC)Cc3ccccc3)cc2[nH]1. The molecule has 0 aliphatic heterocycles. The third kappa shape index (κ3) is 3.65. The molecular weight excluding hydrogens is 298 g/mol. The number of aromatic nitrogens is 2. The summed E-state index contributed by atoms with van der Waals surface area (Å²) in [5.41, 5.74) is 4.14. The molecule has 4 nitrogen and oxygen atoms in total.